The molecule has 1 heterocycles. The second-order valence-corrected chi connectivity index (χ2v) is 5.57. The Balaban J connectivity index is 1.61. The van der Waals surface area contributed by atoms with Crippen LogP contribution in [0.3, 0.4) is 0 Å². The van der Waals surface area contributed by atoms with Crippen LogP contribution in [0.15, 0.2) is 54.6 Å². The molecule has 5 nitrogen and oxygen atoms in total. The lowest BCUT2D eigenvalue weighted by atomic mass is 10.0. The summed E-state index contributed by atoms with van der Waals surface area (Å²) in [7, 11) is 0. The highest BCUT2D eigenvalue weighted by Gasteiger charge is 2.25. The van der Waals surface area contributed by atoms with Crippen molar-refractivity contribution in [2.45, 2.75) is 18.9 Å². The lowest BCUT2D eigenvalue weighted by molar-refractivity contribution is -0.156. The van der Waals surface area contributed by atoms with Crippen LogP contribution in [0.25, 0.3) is 11.1 Å². The first-order chi connectivity index (χ1) is 11.7. The van der Waals surface area contributed by atoms with Crippen LogP contribution in [0.4, 0.5) is 5.69 Å². The molecule has 0 aromatic heterocycles. The summed E-state index contributed by atoms with van der Waals surface area (Å²) in [5.41, 5.74) is 2.60. The third-order valence-electron chi connectivity index (χ3n) is 3.82. The van der Waals surface area contributed by atoms with Crippen molar-refractivity contribution in [3.05, 3.63) is 54.6 Å². The Kier molecular flexibility index (Phi) is 5.23. The average molecular weight is 325 g/mol. The minimum atomic E-state index is -0.533. The molecule has 1 N–H and O–H groups in total. The number of hydrogen-bond donors (Lipinski definition) is 1. The first-order valence-electron chi connectivity index (χ1n) is 7.96. The van der Waals surface area contributed by atoms with Crippen molar-refractivity contribution in [2.24, 2.45) is 0 Å². The van der Waals surface area contributed by atoms with Gasteiger partial charge in [0.25, 0.3) is 5.91 Å². The average Bonchev–Trinajstić information content (AvgIpc) is 3.16. The molecule has 1 amide bonds. The molecule has 1 atom stereocenters. The van der Waals surface area contributed by atoms with Gasteiger partial charge in [0.15, 0.2) is 12.7 Å². The molecule has 0 saturated carbocycles. The fraction of sp³-hybridized carbons (Fsp3) is 0.263. The molecule has 0 radical (unpaired) electrons. The van der Waals surface area contributed by atoms with Crippen LogP contribution < -0.4 is 5.32 Å². The number of ether oxygens (including phenoxy) is 2. The number of anilines is 1. The Labute approximate surface area is 140 Å². The van der Waals surface area contributed by atoms with Crippen LogP contribution in [-0.4, -0.2) is 31.2 Å². The van der Waals surface area contributed by atoms with Gasteiger partial charge < -0.3 is 14.8 Å². The fourth-order valence-corrected chi connectivity index (χ4v) is 2.64. The lowest BCUT2D eigenvalue weighted by Crippen LogP contribution is -2.27. The summed E-state index contributed by atoms with van der Waals surface area (Å²) in [6.07, 6.45) is 0.961. The summed E-state index contributed by atoms with van der Waals surface area (Å²) >= 11 is 0. The minimum Gasteiger partial charge on any atom is -0.454 e. The Morgan fingerprint density at radius 2 is 1.83 bits per heavy atom. The monoisotopic (exact) mass is 325 g/mol. The molecule has 124 valence electrons. The number of rotatable bonds is 5. The molecule has 3 rings (SSSR count). The molecule has 1 aliphatic rings. The molecule has 5 heteroatoms. The van der Waals surface area contributed by atoms with Crippen LogP contribution in [0.5, 0.6) is 0 Å². The van der Waals surface area contributed by atoms with Crippen molar-refractivity contribution in [1.29, 1.82) is 0 Å². The lowest BCUT2D eigenvalue weighted by Gasteiger charge is -2.12. The van der Waals surface area contributed by atoms with E-state index in [0.717, 1.165) is 17.5 Å². The third-order valence-corrected chi connectivity index (χ3v) is 3.82. The molecule has 0 unspecified atom stereocenters. The number of amides is 1. The molecule has 24 heavy (non-hydrogen) atoms. The molecule has 0 bridgehead atoms. The van der Waals surface area contributed by atoms with Gasteiger partial charge in [-0.3, -0.25) is 4.79 Å². The van der Waals surface area contributed by atoms with E-state index >= 15 is 0 Å². The van der Waals surface area contributed by atoms with Gasteiger partial charge >= 0.3 is 5.97 Å². The van der Waals surface area contributed by atoms with Crippen molar-refractivity contribution >= 4 is 17.6 Å². The van der Waals surface area contributed by atoms with E-state index < -0.39 is 12.1 Å². The third kappa shape index (κ3) is 4.00. The maximum absolute atomic E-state index is 12.1. The second kappa shape index (κ2) is 7.75. The Morgan fingerprint density at radius 3 is 2.58 bits per heavy atom. The fourth-order valence-electron chi connectivity index (χ4n) is 2.64. The topological polar surface area (TPSA) is 64.6 Å². The predicted octanol–water partition coefficient (Wildman–Crippen LogP) is 3.01. The number of nitrogens with one attached hydrogen (secondary N) is 1. The van der Waals surface area contributed by atoms with Crippen molar-refractivity contribution in [3.63, 3.8) is 0 Å². The standard InChI is InChI=1S/C19H19NO4/c21-18(13-24-19(22)17-11-6-12-23-17)20-16-10-5-4-9-15(16)14-7-2-1-3-8-14/h1-5,7-10,17H,6,11-13H2,(H,20,21)/t17-/m0/s1. The highest BCUT2D eigenvalue weighted by Crippen LogP contribution is 2.27. The maximum atomic E-state index is 12.1. The van der Waals surface area contributed by atoms with Gasteiger partial charge in [0.1, 0.15) is 0 Å². The van der Waals surface area contributed by atoms with Gasteiger partial charge in [-0.2, -0.15) is 0 Å². The number of carbonyl (C=O) groups is 2. The first-order valence-corrected chi connectivity index (χ1v) is 7.96. The number of esters is 1. The predicted molar refractivity (Wildman–Crippen MR) is 90.4 cm³/mol. The zero-order valence-electron chi connectivity index (χ0n) is 13.2. The highest BCUT2D eigenvalue weighted by molar-refractivity contribution is 5.97. The van der Waals surface area contributed by atoms with Gasteiger partial charge in [-0.25, -0.2) is 4.79 Å². The molecular weight excluding hydrogens is 306 g/mol. The minimum absolute atomic E-state index is 0.318. The molecular formula is C19H19NO4. The van der Waals surface area contributed by atoms with Crippen LogP contribution >= 0.6 is 0 Å². The summed E-state index contributed by atoms with van der Waals surface area (Å²) in [4.78, 5) is 23.8. The molecule has 0 aliphatic carbocycles. The molecule has 1 saturated heterocycles. The summed E-state index contributed by atoms with van der Waals surface area (Å²) in [6, 6.07) is 17.3. The molecule has 1 fully saturated rings. The summed E-state index contributed by atoms with van der Waals surface area (Å²) in [6.45, 7) is 0.248. The number of hydrogen-bond acceptors (Lipinski definition) is 4. The summed E-state index contributed by atoms with van der Waals surface area (Å²) < 4.78 is 10.3. The number of para-hydroxylation sites is 1. The van der Waals surface area contributed by atoms with E-state index in [2.05, 4.69) is 5.32 Å². The van der Waals surface area contributed by atoms with Crippen LogP contribution in [0.2, 0.25) is 0 Å². The highest BCUT2D eigenvalue weighted by atomic mass is 16.6. The molecule has 1 aliphatic heterocycles. The van der Waals surface area contributed by atoms with Gasteiger partial charge in [-0.05, 0) is 24.5 Å². The Bertz CT molecular complexity index is 708. The quantitative estimate of drug-likeness (QED) is 0.858. The molecule has 2 aromatic carbocycles. The Hall–Kier alpha value is -2.66. The van der Waals surface area contributed by atoms with E-state index in [-0.39, 0.29) is 12.5 Å². The van der Waals surface area contributed by atoms with Crippen molar-refractivity contribution in [3.8, 4) is 11.1 Å². The van der Waals surface area contributed by atoms with E-state index in [1.165, 1.54) is 0 Å². The van der Waals surface area contributed by atoms with Crippen molar-refractivity contribution < 1.29 is 19.1 Å². The van der Waals surface area contributed by atoms with Gasteiger partial charge in [-0.1, -0.05) is 48.5 Å². The van der Waals surface area contributed by atoms with Crippen molar-refractivity contribution in [1.82, 2.24) is 0 Å². The number of carbonyl (C=O) groups excluding carboxylic acids is 2. The van der Waals surface area contributed by atoms with E-state index in [9.17, 15) is 9.59 Å². The largest absolute Gasteiger partial charge is 0.454 e. The van der Waals surface area contributed by atoms with Crippen LogP contribution in [-0.2, 0) is 19.1 Å². The van der Waals surface area contributed by atoms with E-state index in [0.29, 0.717) is 18.7 Å². The maximum Gasteiger partial charge on any atom is 0.335 e. The van der Waals surface area contributed by atoms with Crippen LogP contribution in [0, 0.1) is 0 Å². The second-order valence-electron chi connectivity index (χ2n) is 5.57. The van der Waals surface area contributed by atoms with Crippen LogP contribution in [0.1, 0.15) is 12.8 Å². The van der Waals surface area contributed by atoms with E-state index in [1.54, 1.807) is 0 Å². The zero-order chi connectivity index (χ0) is 16.8. The number of benzene rings is 2. The van der Waals surface area contributed by atoms with E-state index in [4.69, 9.17) is 9.47 Å². The van der Waals surface area contributed by atoms with Gasteiger partial charge in [0, 0.05) is 17.9 Å². The normalized spacial score (nSPS) is 16.6. The smallest absolute Gasteiger partial charge is 0.335 e. The van der Waals surface area contributed by atoms with Gasteiger partial charge in [-0.15, -0.1) is 0 Å². The van der Waals surface area contributed by atoms with E-state index in [1.807, 2.05) is 54.6 Å². The summed E-state index contributed by atoms with van der Waals surface area (Å²) in [5, 5.41) is 2.80. The Morgan fingerprint density at radius 1 is 1.08 bits per heavy atom. The van der Waals surface area contributed by atoms with Crippen molar-refractivity contribution in [2.75, 3.05) is 18.5 Å². The van der Waals surface area contributed by atoms with Gasteiger partial charge in [0.05, 0.1) is 0 Å². The van der Waals surface area contributed by atoms with Gasteiger partial charge in [0.2, 0.25) is 0 Å². The first kappa shape index (κ1) is 16.2. The molecule has 2 aromatic rings. The zero-order valence-corrected chi connectivity index (χ0v) is 13.2. The summed E-state index contributed by atoms with van der Waals surface area (Å²) in [5.74, 6) is -0.844. The SMILES string of the molecule is O=C(COC(=O)[C@@H]1CCCO1)Nc1ccccc1-c1ccccc1. The molecule has 0 spiro atoms.